The maximum Gasteiger partial charge on any atom is 0.263 e. The van der Waals surface area contributed by atoms with Crippen molar-refractivity contribution in [2.45, 2.75) is 25.2 Å². The molecule has 6 nitrogen and oxygen atoms in total. The van der Waals surface area contributed by atoms with Gasteiger partial charge in [-0.1, -0.05) is 6.92 Å². The quantitative estimate of drug-likeness (QED) is 0.856. The summed E-state index contributed by atoms with van der Waals surface area (Å²) in [7, 11) is -3.63. The summed E-state index contributed by atoms with van der Waals surface area (Å²) in [6, 6.07) is 7.91. The Labute approximate surface area is 118 Å². The maximum atomic E-state index is 12.1. The van der Waals surface area contributed by atoms with Crippen LogP contribution in [0.15, 0.2) is 35.2 Å². The number of aromatic amines is 1. The van der Waals surface area contributed by atoms with E-state index in [9.17, 15) is 8.42 Å². The van der Waals surface area contributed by atoms with E-state index >= 15 is 0 Å². The molecule has 0 radical (unpaired) electrons. The first-order valence-corrected chi connectivity index (χ1v) is 7.77. The first-order valence-electron chi connectivity index (χ1n) is 6.29. The number of nitrogens with one attached hydrogen (secondary N) is 2. The zero-order valence-electron chi connectivity index (χ0n) is 11.4. The Balaban J connectivity index is 2.13. The molecule has 0 saturated heterocycles. The van der Waals surface area contributed by atoms with E-state index in [0.717, 1.165) is 12.1 Å². The molecule has 0 amide bonds. The van der Waals surface area contributed by atoms with Gasteiger partial charge in [0.25, 0.3) is 10.0 Å². The van der Waals surface area contributed by atoms with Gasteiger partial charge in [0.1, 0.15) is 5.75 Å². The third kappa shape index (κ3) is 3.51. The van der Waals surface area contributed by atoms with E-state index in [1.165, 1.54) is 12.1 Å². The first-order chi connectivity index (χ1) is 9.51. The van der Waals surface area contributed by atoms with Gasteiger partial charge in [-0.25, -0.2) is 8.42 Å². The highest BCUT2D eigenvalue weighted by Gasteiger charge is 2.15. The number of sulfonamides is 1. The standard InChI is InChI=1S/C13H17N3O3S/c1-3-8-19-11-4-6-12(7-5-11)20(17,18)16-13-9-10(2)14-15-13/h4-7,9H,3,8H2,1-2H3,(H2,14,15,16). The Hall–Kier alpha value is -2.02. The van der Waals surface area contributed by atoms with E-state index in [1.54, 1.807) is 25.1 Å². The third-order valence-corrected chi connectivity index (χ3v) is 3.92. The topological polar surface area (TPSA) is 84.1 Å². The molecule has 2 rings (SSSR count). The van der Waals surface area contributed by atoms with Crippen molar-refractivity contribution in [3.8, 4) is 5.75 Å². The van der Waals surface area contributed by atoms with Crippen molar-refractivity contribution in [1.82, 2.24) is 10.2 Å². The number of rotatable bonds is 6. The van der Waals surface area contributed by atoms with Crippen molar-refractivity contribution in [1.29, 1.82) is 0 Å². The Morgan fingerprint density at radius 3 is 2.55 bits per heavy atom. The summed E-state index contributed by atoms with van der Waals surface area (Å²) in [4.78, 5) is 0.169. The van der Waals surface area contributed by atoms with Gasteiger partial charge in [0.05, 0.1) is 11.5 Å². The lowest BCUT2D eigenvalue weighted by molar-refractivity contribution is 0.317. The summed E-state index contributed by atoms with van der Waals surface area (Å²) >= 11 is 0. The largest absolute Gasteiger partial charge is 0.494 e. The molecule has 2 N–H and O–H groups in total. The second-order valence-corrected chi connectivity index (χ2v) is 6.04. The molecule has 108 valence electrons. The molecule has 1 aromatic heterocycles. The summed E-state index contributed by atoms with van der Waals surface area (Å²) in [5.41, 5.74) is 0.783. The van der Waals surface area contributed by atoms with E-state index in [-0.39, 0.29) is 10.7 Å². The lowest BCUT2D eigenvalue weighted by Crippen LogP contribution is -2.13. The van der Waals surface area contributed by atoms with Gasteiger partial charge >= 0.3 is 0 Å². The minimum atomic E-state index is -3.63. The van der Waals surface area contributed by atoms with Crippen molar-refractivity contribution in [3.63, 3.8) is 0 Å². The second-order valence-electron chi connectivity index (χ2n) is 4.36. The van der Waals surface area contributed by atoms with Crippen LogP contribution in [0.4, 0.5) is 5.82 Å². The molecule has 0 unspecified atom stereocenters. The van der Waals surface area contributed by atoms with Crippen LogP contribution in [0.2, 0.25) is 0 Å². The van der Waals surface area contributed by atoms with Crippen molar-refractivity contribution in [2.24, 2.45) is 0 Å². The van der Waals surface area contributed by atoms with Gasteiger partial charge in [-0.3, -0.25) is 9.82 Å². The summed E-state index contributed by atoms with van der Waals surface area (Å²) in [5.74, 6) is 0.926. The lowest BCUT2D eigenvalue weighted by Gasteiger charge is -2.07. The fourth-order valence-electron chi connectivity index (χ4n) is 1.60. The number of aromatic nitrogens is 2. The summed E-state index contributed by atoms with van der Waals surface area (Å²) in [6.45, 7) is 4.41. The van der Waals surface area contributed by atoms with E-state index in [2.05, 4.69) is 14.9 Å². The van der Waals surface area contributed by atoms with E-state index in [4.69, 9.17) is 4.74 Å². The minimum absolute atomic E-state index is 0.169. The van der Waals surface area contributed by atoms with E-state index in [0.29, 0.717) is 12.4 Å². The van der Waals surface area contributed by atoms with E-state index < -0.39 is 10.0 Å². The number of anilines is 1. The molecule has 0 fully saturated rings. The highest BCUT2D eigenvalue weighted by atomic mass is 32.2. The zero-order chi connectivity index (χ0) is 14.6. The predicted molar refractivity (Wildman–Crippen MR) is 76.4 cm³/mol. The maximum absolute atomic E-state index is 12.1. The molecule has 0 saturated carbocycles. The highest BCUT2D eigenvalue weighted by Crippen LogP contribution is 2.18. The minimum Gasteiger partial charge on any atom is -0.494 e. The van der Waals surface area contributed by atoms with Crippen LogP contribution < -0.4 is 9.46 Å². The number of hydrogen-bond acceptors (Lipinski definition) is 4. The molecule has 0 aliphatic heterocycles. The molecule has 2 aromatic rings. The van der Waals surface area contributed by atoms with Crippen LogP contribution in [-0.4, -0.2) is 25.2 Å². The molecule has 0 bridgehead atoms. The van der Waals surface area contributed by atoms with Gasteiger partial charge in [-0.15, -0.1) is 0 Å². The number of hydrogen-bond donors (Lipinski definition) is 2. The van der Waals surface area contributed by atoms with Crippen LogP contribution in [0.5, 0.6) is 5.75 Å². The molecule has 0 aliphatic carbocycles. The molecular weight excluding hydrogens is 278 g/mol. The predicted octanol–water partition coefficient (Wildman–Crippen LogP) is 2.31. The van der Waals surface area contributed by atoms with Gasteiger partial charge in [0.2, 0.25) is 0 Å². The van der Waals surface area contributed by atoms with Crippen molar-refractivity contribution >= 4 is 15.8 Å². The Kier molecular flexibility index (Phi) is 4.29. The van der Waals surface area contributed by atoms with Crippen LogP contribution in [0.1, 0.15) is 19.0 Å². The summed E-state index contributed by atoms with van der Waals surface area (Å²) < 4.78 is 32.1. The van der Waals surface area contributed by atoms with Crippen molar-refractivity contribution in [2.75, 3.05) is 11.3 Å². The van der Waals surface area contributed by atoms with Crippen molar-refractivity contribution < 1.29 is 13.2 Å². The third-order valence-electron chi connectivity index (χ3n) is 2.55. The molecule has 20 heavy (non-hydrogen) atoms. The molecule has 0 atom stereocenters. The number of aryl methyl sites for hydroxylation is 1. The number of H-pyrrole nitrogens is 1. The molecule has 0 aliphatic rings. The van der Waals surface area contributed by atoms with Crippen molar-refractivity contribution in [3.05, 3.63) is 36.0 Å². The smallest absolute Gasteiger partial charge is 0.263 e. The highest BCUT2D eigenvalue weighted by molar-refractivity contribution is 7.92. The molecule has 7 heteroatoms. The Morgan fingerprint density at radius 1 is 1.30 bits per heavy atom. The second kappa shape index (κ2) is 5.96. The van der Waals surface area contributed by atoms with Gasteiger partial charge in [0.15, 0.2) is 5.82 Å². The molecule has 1 heterocycles. The molecular formula is C13H17N3O3S. The zero-order valence-corrected chi connectivity index (χ0v) is 12.2. The number of ether oxygens (including phenoxy) is 1. The van der Waals surface area contributed by atoms with Crippen LogP contribution in [-0.2, 0) is 10.0 Å². The van der Waals surface area contributed by atoms with Crippen LogP contribution >= 0.6 is 0 Å². The SMILES string of the molecule is CCCOc1ccc(S(=O)(=O)Nc2cc(C)[nH]n2)cc1. The first kappa shape index (κ1) is 14.4. The summed E-state index contributed by atoms with van der Waals surface area (Å²) in [5, 5.41) is 6.52. The number of nitrogens with zero attached hydrogens (tertiary/aromatic N) is 1. The molecule has 0 spiro atoms. The van der Waals surface area contributed by atoms with Crippen LogP contribution in [0, 0.1) is 6.92 Å². The normalized spacial score (nSPS) is 11.3. The fourth-order valence-corrected chi connectivity index (χ4v) is 2.59. The van der Waals surface area contributed by atoms with Gasteiger partial charge < -0.3 is 4.74 Å². The van der Waals surface area contributed by atoms with Crippen LogP contribution in [0.25, 0.3) is 0 Å². The van der Waals surface area contributed by atoms with Gasteiger partial charge in [-0.2, -0.15) is 5.10 Å². The van der Waals surface area contributed by atoms with E-state index in [1.807, 2.05) is 6.92 Å². The fraction of sp³-hybridized carbons (Fsp3) is 0.308. The summed E-state index contributed by atoms with van der Waals surface area (Å²) in [6.07, 6.45) is 0.903. The Bertz CT molecular complexity index is 662. The molecule has 1 aromatic carbocycles. The van der Waals surface area contributed by atoms with Gasteiger partial charge in [0, 0.05) is 11.8 Å². The monoisotopic (exact) mass is 295 g/mol. The average molecular weight is 295 g/mol. The van der Waals surface area contributed by atoms with Crippen LogP contribution in [0.3, 0.4) is 0 Å². The Morgan fingerprint density at radius 2 is 2.00 bits per heavy atom. The van der Waals surface area contributed by atoms with Gasteiger partial charge in [-0.05, 0) is 37.6 Å². The lowest BCUT2D eigenvalue weighted by atomic mass is 10.3. The average Bonchev–Trinajstić information content (AvgIpc) is 2.81. The number of benzene rings is 1.